The highest BCUT2D eigenvalue weighted by Crippen LogP contribution is 2.49. The average molecular weight is 519 g/mol. The molecular weight excluding hydrogens is 487 g/mol. The summed E-state index contributed by atoms with van der Waals surface area (Å²) in [6.07, 6.45) is 7.60. The highest BCUT2D eigenvalue weighted by atomic mass is 19.1. The maximum absolute atomic E-state index is 13.5. The summed E-state index contributed by atoms with van der Waals surface area (Å²) in [5.74, 6) is 1.96. The number of anilines is 1. The van der Waals surface area contributed by atoms with Gasteiger partial charge < -0.3 is 14.8 Å². The van der Waals surface area contributed by atoms with Gasteiger partial charge in [0.2, 0.25) is 0 Å². The summed E-state index contributed by atoms with van der Waals surface area (Å²) in [5, 5.41) is 3.79. The minimum atomic E-state index is -0.277. The van der Waals surface area contributed by atoms with E-state index in [1.807, 2.05) is 37.4 Å². The summed E-state index contributed by atoms with van der Waals surface area (Å²) in [4.78, 5) is 4.70. The first-order valence-electron chi connectivity index (χ1n) is 13.5. The second-order valence-corrected chi connectivity index (χ2v) is 9.97. The number of allylic oxidation sites excluding steroid dienone is 2. The summed E-state index contributed by atoms with van der Waals surface area (Å²) in [6, 6.07) is 29.6. The van der Waals surface area contributed by atoms with E-state index >= 15 is 0 Å². The van der Waals surface area contributed by atoms with Crippen molar-refractivity contribution < 1.29 is 13.9 Å². The van der Waals surface area contributed by atoms with E-state index < -0.39 is 0 Å². The molecule has 4 aromatic rings. The smallest absolute Gasteiger partial charge is 0.161 e. The molecule has 39 heavy (non-hydrogen) atoms. The Morgan fingerprint density at radius 2 is 1.79 bits per heavy atom. The number of fused-ring (bicyclic) bond motifs is 3. The fraction of sp³-hybridized carbons (Fsp3) is 0.206. The molecule has 0 fully saturated rings. The van der Waals surface area contributed by atoms with Gasteiger partial charge in [-0.25, -0.2) is 4.39 Å². The monoisotopic (exact) mass is 518 g/mol. The second kappa shape index (κ2) is 11.2. The lowest BCUT2D eigenvalue weighted by Gasteiger charge is -2.37. The van der Waals surface area contributed by atoms with Gasteiger partial charge in [0.15, 0.2) is 11.5 Å². The fourth-order valence-corrected chi connectivity index (χ4v) is 5.57. The van der Waals surface area contributed by atoms with Crippen molar-refractivity contribution in [1.29, 1.82) is 0 Å². The van der Waals surface area contributed by atoms with Crippen molar-refractivity contribution in [2.45, 2.75) is 31.9 Å². The van der Waals surface area contributed by atoms with Crippen molar-refractivity contribution in [2.75, 3.05) is 11.9 Å². The Morgan fingerprint density at radius 3 is 2.64 bits per heavy atom. The molecule has 0 amide bonds. The van der Waals surface area contributed by atoms with Crippen LogP contribution in [0, 0.1) is 11.7 Å². The number of para-hydroxylation sites is 1. The van der Waals surface area contributed by atoms with Crippen molar-refractivity contribution in [2.24, 2.45) is 10.9 Å². The maximum atomic E-state index is 13.5. The molecule has 0 saturated carbocycles. The van der Waals surface area contributed by atoms with Gasteiger partial charge in [-0.1, -0.05) is 54.6 Å². The number of halogens is 1. The minimum absolute atomic E-state index is 0.261. The van der Waals surface area contributed by atoms with Crippen LogP contribution in [-0.2, 0) is 6.61 Å². The van der Waals surface area contributed by atoms with Gasteiger partial charge in [0.25, 0.3) is 0 Å². The number of nitrogens with zero attached hydrogens (tertiary/aromatic N) is 1. The molecule has 0 bridgehead atoms. The quantitative estimate of drug-likeness (QED) is 0.188. The second-order valence-electron chi connectivity index (χ2n) is 9.97. The van der Waals surface area contributed by atoms with Crippen LogP contribution in [0.25, 0.3) is 0 Å². The largest absolute Gasteiger partial charge is 0.490 e. The van der Waals surface area contributed by atoms with Gasteiger partial charge in [0.05, 0.1) is 18.3 Å². The molecule has 1 heterocycles. The molecule has 4 aromatic carbocycles. The van der Waals surface area contributed by atoms with Crippen LogP contribution in [0.15, 0.2) is 108 Å². The summed E-state index contributed by atoms with van der Waals surface area (Å²) in [5.41, 5.74) is 6.46. The molecule has 0 radical (unpaired) electrons. The first-order valence-corrected chi connectivity index (χ1v) is 13.5. The van der Waals surface area contributed by atoms with Gasteiger partial charge in [-0.3, -0.25) is 4.99 Å². The number of rotatable bonds is 8. The van der Waals surface area contributed by atoms with E-state index in [1.165, 1.54) is 28.9 Å². The first kappa shape index (κ1) is 24.9. The van der Waals surface area contributed by atoms with Crippen LogP contribution in [0.1, 0.15) is 47.6 Å². The summed E-state index contributed by atoms with van der Waals surface area (Å²) in [7, 11) is 0. The van der Waals surface area contributed by atoms with E-state index in [9.17, 15) is 4.39 Å². The highest BCUT2D eigenvalue weighted by Gasteiger charge is 2.37. The van der Waals surface area contributed by atoms with E-state index in [1.54, 1.807) is 6.07 Å². The average Bonchev–Trinajstić information content (AvgIpc) is 3.46. The lowest BCUT2D eigenvalue weighted by molar-refractivity contribution is 0.269. The summed E-state index contributed by atoms with van der Waals surface area (Å²) in [6.45, 7) is 2.70. The molecule has 5 heteroatoms. The van der Waals surface area contributed by atoms with Crippen molar-refractivity contribution in [3.63, 3.8) is 0 Å². The van der Waals surface area contributed by atoms with E-state index in [-0.39, 0.29) is 18.5 Å². The number of aliphatic imine (C=N–C) groups is 1. The van der Waals surface area contributed by atoms with E-state index in [4.69, 9.17) is 14.5 Å². The maximum Gasteiger partial charge on any atom is 0.161 e. The molecule has 1 N–H and O–H groups in total. The van der Waals surface area contributed by atoms with Gasteiger partial charge in [-0.15, -0.1) is 0 Å². The third kappa shape index (κ3) is 5.44. The Morgan fingerprint density at radius 1 is 0.923 bits per heavy atom. The molecule has 2 aliphatic rings. The summed E-state index contributed by atoms with van der Waals surface area (Å²) >= 11 is 0. The van der Waals surface area contributed by atoms with Gasteiger partial charge >= 0.3 is 0 Å². The Labute approximate surface area is 228 Å². The first-order chi connectivity index (χ1) is 19.2. The number of benzene rings is 4. The van der Waals surface area contributed by atoms with Crippen molar-refractivity contribution >= 4 is 17.6 Å². The molecule has 196 valence electrons. The zero-order valence-electron chi connectivity index (χ0n) is 21.9. The fourth-order valence-electron chi connectivity index (χ4n) is 5.57. The third-order valence-corrected chi connectivity index (χ3v) is 7.44. The standard InChI is InChI=1S/C34H31FN2O2/c1-2-38-33-20-23(13-18-32(33)39-22-24-7-5-8-26(35)19-24)21-36-27-16-14-25(15-17-27)34-30-11-6-10-28(30)29-9-3-4-12-31(29)37-34/h3-10,12-21,28,30,34,37H,2,11,22H2,1H3/t28-,30+,34-/m0/s1. The zero-order valence-corrected chi connectivity index (χ0v) is 21.9. The van der Waals surface area contributed by atoms with Crippen LogP contribution in [0.3, 0.4) is 0 Å². The van der Waals surface area contributed by atoms with E-state index in [0.717, 1.165) is 23.2 Å². The normalized spacial score (nSPS) is 19.4. The molecule has 1 aliphatic heterocycles. The molecule has 0 unspecified atom stereocenters. The minimum Gasteiger partial charge on any atom is -0.490 e. The SMILES string of the molecule is CCOc1cc(C=Nc2ccc([C@@H]3Nc4ccccc4[C@@H]4C=CC[C@H]43)cc2)ccc1OCc1cccc(F)c1. The molecular formula is C34H31FN2O2. The van der Waals surface area contributed by atoms with Crippen LogP contribution in [-0.4, -0.2) is 12.8 Å². The lowest BCUT2D eigenvalue weighted by atomic mass is 9.77. The predicted octanol–water partition coefficient (Wildman–Crippen LogP) is 8.38. The van der Waals surface area contributed by atoms with Crippen molar-refractivity contribution in [1.82, 2.24) is 0 Å². The number of ether oxygens (including phenoxy) is 2. The van der Waals surface area contributed by atoms with Crippen LogP contribution in [0.2, 0.25) is 0 Å². The molecule has 0 saturated heterocycles. The number of hydrogen-bond acceptors (Lipinski definition) is 4. The zero-order chi connectivity index (χ0) is 26.6. The van der Waals surface area contributed by atoms with Gasteiger partial charge in [-0.05, 0) is 90.0 Å². The Bertz CT molecular complexity index is 1510. The molecule has 0 spiro atoms. The molecule has 4 nitrogen and oxygen atoms in total. The van der Waals surface area contributed by atoms with Crippen LogP contribution < -0.4 is 14.8 Å². The van der Waals surface area contributed by atoms with Gasteiger partial charge in [0.1, 0.15) is 12.4 Å². The lowest BCUT2D eigenvalue weighted by Crippen LogP contribution is -2.28. The van der Waals surface area contributed by atoms with Crippen LogP contribution in [0.5, 0.6) is 11.5 Å². The predicted molar refractivity (Wildman–Crippen MR) is 155 cm³/mol. The van der Waals surface area contributed by atoms with Crippen molar-refractivity contribution in [3.05, 3.63) is 131 Å². The topological polar surface area (TPSA) is 42.8 Å². The molecule has 1 aliphatic carbocycles. The molecule has 6 rings (SSSR count). The van der Waals surface area contributed by atoms with Crippen LogP contribution in [0.4, 0.5) is 15.8 Å². The molecule has 3 atom stereocenters. The highest BCUT2D eigenvalue weighted by molar-refractivity contribution is 5.83. The third-order valence-electron chi connectivity index (χ3n) is 7.44. The Hall–Kier alpha value is -4.38. The van der Waals surface area contributed by atoms with Gasteiger partial charge in [0, 0.05) is 17.8 Å². The summed E-state index contributed by atoms with van der Waals surface area (Å²) < 4.78 is 25.2. The molecule has 0 aromatic heterocycles. The Balaban J connectivity index is 1.15. The van der Waals surface area contributed by atoms with Gasteiger partial charge in [-0.2, -0.15) is 0 Å². The van der Waals surface area contributed by atoms with E-state index in [0.29, 0.717) is 29.9 Å². The Kier molecular flexibility index (Phi) is 7.13. The van der Waals surface area contributed by atoms with Crippen molar-refractivity contribution in [3.8, 4) is 11.5 Å². The number of nitrogens with one attached hydrogen (secondary N) is 1. The van der Waals surface area contributed by atoms with E-state index in [2.05, 4.69) is 66.0 Å². The number of hydrogen-bond donors (Lipinski definition) is 1. The van der Waals surface area contributed by atoms with Crippen LogP contribution >= 0.6 is 0 Å².